The number of hydrogen-bond acceptors (Lipinski definition) is 5. The predicted molar refractivity (Wildman–Crippen MR) is 152 cm³/mol. The highest BCUT2D eigenvalue weighted by molar-refractivity contribution is 6.08. The molecule has 3 aromatic carbocycles. The first kappa shape index (κ1) is 24.7. The second-order valence-electron chi connectivity index (χ2n) is 10.1. The Balaban J connectivity index is 1.29. The number of pyridine rings is 1. The van der Waals surface area contributed by atoms with Gasteiger partial charge in [0.15, 0.2) is 6.61 Å². The maximum absolute atomic E-state index is 13.6. The lowest BCUT2D eigenvalue weighted by Crippen LogP contribution is -2.34. The van der Waals surface area contributed by atoms with Crippen molar-refractivity contribution in [1.82, 2.24) is 9.99 Å². The molecule has 1 aliphatic carbocycles. The Hall–Kier alpha value is -4.58. The van der Waals surface area contributed by atoms with Gasteiger partial charge in [0, 0.05) is 17.0 Å². The fourth-order valence-electron chi connectivity index (χ4n) is 5.69. The van der Waals surface area contributed by atoms with Crippen LogP contribution in [0.5, 0.6) is 0 Å². The summed E-state index contributed by atoms with van der Waals surface area (Å²) in [5.74, 6) is -0.800. The zero-order chi connectivity index (χ0) is 26.8. The van der Waals surface area contributed by atoms with Crippen molar-refractivity contribution in [1.29, 1.82) is 0 Å². The van der Waals surface area contributed by atoms with Crippen LogP contribution < -0.4 is 0 Å². The van der Waals surface area contributed by atoms with Crippen LogP contribution in [0.25, 0.3) is 17.0 Å². The van der Waals surface area contributed by atoms with Crippen molar-refractivity contribution in [3.8, 4) is 0 Å². The van der Waals surface area contributed by atoms with Gasteiger partial charge in [0.05, 0.1) is 22.8 Å². The number of hydrazone groups is 1. The number of carbonyl (C=O) groups is 2. The van der Waals surface area contributed by atoms with Gasteiger partial charge in [0.1, 0.15) is 0 Å². The van der Waals surface area contributed by atoms with Gasteiger partial charge in [0.25, 0.3) is 5.91 Å². The van der Waals surface area contributed by atoms with Crippen LogP contribution in [0.3, 0.4) is 0 Å². The molecule has 0 N–H and O–H groups in total. The number of aromatic nitrogens is 1. The first-order valence-electron chi connectivity index (χ1n) is 13.3. The summed E-state index contributed by atoms with van der Waals surface area (Å²) in [7, 11) is 0. The summed E-state index contributed by atoms with van der Waals surface area (Å²) in [6.45, 7) is 1.44. The number of allylic oxidation sites excluding steroid dienone is 1. The topological polar surface area (TPSA) is 71.9 Å². The number of hydrogen-bond donors (Lipinski definition) is 0. The molecule has 4 aromatic rings. The molecule has 1 amide bonds. The van der Waals surface area contributed by atoms with Gasteiger partial charge in [-0.2, -0.15) is 5.10 Å². The van der Waals surface area contributed by atoms with E-state index in [2.05, 4.69) is 23.2 Å². The Morgan fingerprint density at radius 3 is 2.49 bits per heavy atom. The maximum atomic E-state index is 13.6. The number of rotatable bonds is 5. The van der Waals surface area contributed by atoms with Crippen LogP contribution in [-0.2, 0) is 9.53 Å². The Morgan fingerprint density at radius 1 is 0.974 bits per heavy atom. The van der Waals surface area contributed by atoms with Gasteiger partial charge in [0.2, 0.25) is 0 Å². The van der Waals surface area contributed by atoms with Gasteiger partial charge in [-0.05, 0) is 61.1 Å². The van der Waals surface area contributed by atoms with Crippen LogP contribution in [0.4, 0.5) is 0 Å². The lowest BCUT2D eigenvalue weighted by atomic mass is 9.77. The Bertz CT molecular complexity index is 1590. The minimum absolute atomic E-state index is 0.0857. The van der Waals surface area contributed by atoms with Crippen molar-refractivity contribution in [3.05, 3.63) is 119 Å². The lowest BCUT2D eigenvalue weighted by molar-refractivity contribution is -0.137. The molecule has 6 heteroatoms. The summed E-state index contributed by atoms with van der Waals surface area (Å²) in [6.07, 6.45) is 5.06. The van der Waals surface area contributed by atoms with Crippen LogP contribution in [0.1, 0.15) is 52.5 Å². The highest BCUT2D eigenvalue weighted by Gasteiger charge is 2.43. The van der Waals surface area contributed by atoms with Crippen LogP contribution in [-0.4, -0.2) is 34.2 Å². The number of aryl methyl sites for hydroxylation is 1. The molecule has 1 aromatic heterocycles. The molecular weight excluding hydrogens is 486 g/mol. The molecule has 0 saturated heterocycles. The molecular formula is C33H29N3O3. The average molecular weight is 516 g/mol. The van der Waals surface area contributed by atoms with Crippen LogP contribution in [0.2, 0.25) is 0 Å². The quantitative estimate of drug-likeness (QED) is 0.284. The first-order chi connectivity index (χ1) is 19.1. The van der Waals surface area contributed by atoms with Crippen LogP contribution >= 0.6 is 0 Å². The molecule has 0 unspecified atom stereocenters. The molecule has 2 atom stereocenters. The van der Waals surface area contributed by atoms with Crippen molar-refractivity contribution in [2.75, 3.05) is 6.61 Å². The van der Waals surface area contributed by atoms with E-state index < -0.39 is 5.97 Å². The van der Waals surface area contributed by atoms with Crippen LogP contribution in [0.15, 0.2) is 102 Å². The van der Waals surface area contributed by atoms with Gasteiger partial charge in [-0.15, -0.1) is 0 Å². The maximum Gasteiger partial charge on any atom is 0.339 e. The third-order valence-electron chi connectivity index (χ3n) is 7.43. The molecule has 2 heterocycles. The lowest BCUT2D eigenvalue weighted by Gasteiger charge is -2.29. The minimum Gasteiger partial charge on any atom is -0.452 e. The first-order valence-corrected chi connectivity index (χ1v) is 13.3. The number of amides is 1. The molecule has 194 valence electrons. The van der Waals surface area contributed by atoms with Crippen molar-refractivity contribution in [2.45, 2.75) is 32.2 Å². The number of benzene rings is 3. The van der Waals surface area contributed by atoms with Crippen molar-refractivity contribution in [3.63, 3.8) is 0 Å². The molecule has 39 heavy (non-hydrogen) atoms. The highest BCUT2D eigenvalue weighted by atomic mass is 16.5. The summed E-state index contributed by atoms with van der Waals surface area (Å²) < 4.78 is 5.58. The van der Waals surface area contributed by atoms with E-state index in [-0.39, 0.29) is 24.5 Å². The fraction of sp³-hybridized carbons (Fsp3) is 0.212. The number of para-hydroxylation sites is 1. The summed E-state index contributed by atoms with van der Waals surface area (Å²) in [6, 6.07) is 29.1. The van der Waals surface area contributed by atoms with E-state index in [1.807, 2.05) is 79.7 Å². The number of ether oxygens (including phenoxy) is 1. The molecule has 1 fully saturated rings. The molecule has 0 radical (unpaired) electrons. The Labute approximate surface area is 227 Å². The van der Waals surface area contributed by atoms with E-state index in [1.165, 1.54) is 0 Å². The Kier molecular flexibility index (Phi) is 6.76. The monoisotopic (exact) mass is 515 g/mol. The number of fused-ring (bicyclic) bond motifs is 2. The summed E-state index contributed by atoms with van der Waals surface area (Å²) in [5.41, 5.74) is 6.08. The SMILES string of the molecule is Cc1cc(C(=O)OCC(=O)N2N=C3/C(=C/c4ccccc4)CCC[C@H]3[C@@H]2c2ccccc2)c2ccccc2n1. The van der Waals surface area contributed by atoms with Crippen molar-refractivity contribution >= 4 is 34.6 Å². The van der Waals surface area contributed by atoms with Crippen molar-refractivity contribution < 1.29 is 14.3 Å². The van der Waals surface area contributed by atoms with E-state index in [0.29, 0.717) is 22.2 Å². The molecule has 0 bridgehead atoms. The van der Waals surface area contributed by atoms with E-state index >= 15 is 0 Å². The van der Waals surface area contributed by atoms with E-state index in [1.54, 1.807) is 11.1 Å². The molecule has 2 aliphatic rings. The van der Waals surface area contributed by atoms with Crippen LogP contribution in [0, 0.1) is 12.8 Å². The van der Waals surface area contributed by atoms with E-state index in [4.69, 9.17) is 9.84 Å². The molecule has 6 nitrogen and oxygen atoms in total. The van der Waals surface area contributed by atoms with E-state index in [0.717, 1.165) is 41.7 Å². The number of nitrogens with zero attached hydrogens (tertiary/aromatic N) is 3. The van der Waals surface area contributed by atoms with Gasteiger partial charge in [-0.3, -0.25) is 9.78 Å². The number of carbonyl (C=O) groups excluding carboxylic acids is 2. The summed E-state index contributed by atoms with van der Waals surface area (Å²) in [4.78, 5) is 31.2. The van der Waals surface area contributed by atoms with Gasteiger partial charge in [-0.1, -0.05) is 78.9 Å². The fourth-order valence-corrected chi connectivity index (χ4v) is 5.69. The van der Waals surface area contributed by atoms with Gasteiger partial charge < -0.3 is 4.74 Å². The minimum atomic E-state index is -0.546. The largest absolute Gasteiger partial charge is 0.452 e. The standard InChI is InChI=1S/C33H29N3O3/c1-22-19-28(26-16-8-9-18-29(26)34-22)33(38)39-21-30(37)36-32(24-13-6-3-7-14-24)27-17-10-15-25(31(27)35-36)20-23-11-4-2-5-12-23/h2-9,11-14,16,18-20,27,32H,10,15,17,21H2,1H3/b25-20+/t27-,32+/m1/s1. The second kappa shape index (κ2) is 10.7. The average Bonchev–Trinajstić information content (AvgIpc) is 3.37. The van der Waals surface area contributed by atoms with Crippen molar-refractivity contribution in [2.24, 2.45) is 11.0 Å². The molecule has 1 saturated carbocycles. The molecule has 6 rings (SSSR count). The predicted octanol–water partition coefficient (Wildman–Crippen LogP) is 6.52. The summed E-state index contributed by atoms with van der Waals surface area (Å²) in [5, 5.41) is 7.14. The zero-order valence-corrected chi connectivity index (χ0v) is 21.8. The molecule has 0 spiro atoms. The van der Waals surface area contributed by atoms with Gasteiger partial charge >= 0.3 is 5.97 Å². The molecule has 1 aliphatic heterocycles. The normalized spacial score (nSPS) is 19.6. The number of esters is 1. The second-order valence-corrected chi connectivity index (χ2v) is 10.1. The Morgan fingerprint density at radius 2 is 1.69 bits per heavy atom. The zero-order valence-electron chi connectivity index (χ0n) is 21.8. The summed E-state index contributed by atoms with van der Waals surface area (Å²) >= 11 is 0. The third-order valence-corrected chi connectivity index (χ3v) is 7.43. The van der Waals surface area contributed by atoms with E-state index in [9.17, 15) is 9.59 Å². The smallest absolute Gasteiger partial charge is 0.339 e. The third kappa shape index (κ3) is 4.98. The highest BCUT2D eigenvalue weighted by Crippen LogP contribution is 2.44. The van der Waals surface area contributed by atoms with Gasteiger partial charge in [-0.25, -0.2) is 9.80 Å².